The lowest BCUT2D eigenvalue weighted by atomic mass is 10.1. The van der Waals surface area contributed by atoms with Crippen LogP contribution >= 0.6 is 11.3 Å². The third kappa shape index (κ3) is 6.16. The molecule has 0 unspecified atom stereocenters. The average molecular weight is 776 g/mol. The smallest absolute Gasteiger partial charge is 0.159 e. The van der Waals surface area contributed by atoms with Gasteiger partial charge < -0.3 is 19.1 Å². The molecule has 0 aliphatic carbocycles. The summed E-state index contributed by atoms with van der Waals surface area (Å²) in [5.74, 6) is 0. The maximum atomic E-state index is 7.01. The van der Waals surface area contributed by atoms with Gasteiger partial charge in [0.2, 0.25) is 0 Å². The highest BCUT2D eigenvalue weighted by molar-refractivity contribution is 7.26. The first-order chi connectivity index (χ1) is 29.3. The Balaban J connectivity index is 1.15. The Kier molecular flexibility index (Phi) is 8.64. The lowest BCUT2D eigenvalue weighted by Gasteiger charge is -2.30. The molecule has 9 aromatic carbocycles. The largest absolute Gasteiger partial charge is 0.454 e. The van der Waals surface area contributed by atoms with Crippen LogP contribution in [0.15, 0.2) is 229 Å². The quantitative estimate of drug-likeness (QED) is 0.146. The van der Waals surface area contributed by atoms with Gasteiger partial charge in [0.05, 0.1) is 16.1 Å². The predicted octanol–water partition coefficient (Wildman–Crippen LogP) is 16.4. The number of para-hydroxylation sites is 6. The van der Waals surface area contributed by atoms with E-state index < -0.39 is 0 Å². The summed E-state index contributed by atoms with van der Waals surface area (Å²) in [6.45, 7) is 0. The fourth-order valence-electron chi connectivity index (χ4n) is 8.36. The number of rotatable bonds is 9. The normalized spacial score (nSPS) is 11.4. The van der Waals surface area contributed by atoms with Crippen molar-refractivity contribution >= 4 is 105 Å². The van der Waals surface area contributed by atoms with Crippen molar-refractivity contribution in [3.05, 3.63) is 224 Å². The van der Waals surface area contributed by atoms with Gasteiger partial charge >= 0.3 is 0 Å². The second-order valence-corrected chi connectivity index (χ2v) is 15.6. The van der Waals surface area contributed by atoms with Gasteiger partial charge in [-0.2, -0.15) is 0 Å². The number of furan rings is 1. The summed E-state index contributed by atoms with van der Waals surface area (Å²) in [6.07, 6.45) is 0. The summed E-state index contributed by atoms with van der Waals surface area (Å²) in [5.41, 5.74) is 11.2. The molecule has 59 heavy (non-hydrogen) atoms. The second kappa shape index (κ2) is 14.7. The van der Waals surface area contributed by atoms with Crippen LogP contribution in [0, 0.1) is 0 Å². The Morgan fingerprint density at radius 3 is 1.37 bits per heavy atom. The van der Waals surface area contributed by atoms with E-state index in [1.165, 1.54) is 20.2 Å². The van der Waals surface area contributed by atoms with Crippen LogP contribution in [0.3, 0.4) is 0 Å². The first-order valence-electron chi connectivity index (χ1n) is 19.8. The number of thiophene rings is 1. The van der Waals surface area contributed by atoms with Gasteiger partial charge in [0.1, 0.15) is 5.58 Å². The number of benzene rings is 9. The molecular weight excluding hydrogens is 739 g/mol. The van der Waals surface area contributed by atoms with E-state index in [0.717, 1.165) is 73.1 Å². The van der Waals surface area contributed by atoms with Crippen molar-refractivity contribution in [3.8, 4) is 0 Å². The summed E-state index contributed by atoms with van der Waals surface area (Å²) >= 11 is 1.84. The molecule has 280 valence electrons. The van der Waals surface area contributed by atoms with E-state index >= 15 is 0 Å². The van der Waals surface area contributed by atoms with E-state index in [-0.39, 0.29) is 0 Å². The summed E-state index contributed by atoms with van der Waals surface area (Å²) in [4.78, 5) is 7.02. The van der Waals surface area contributed by atoms with Gasteiger partial charge in [-0.15, -0.1) is 11.3 Å². The molecule has 4 nitrogen and oxygen atoms in total. The van der Waals surface area contributed by atoms with Crippen LogP contribution in [0.1, 0.15) is 0 Å². The molecule has 0 radical (unpaired) electrons. The Labute approximate surface area is 346 Å². The Morgan fingerprint density at radius 1 is 0.305 bits per heavy atom. The van der Waals surface area contributed by atoms with Gasteiger partial charge in [-0.05, 0) is 97.1 Å². The second-order valence-electron chi connectivity index (χ2n) is 14.6. The molecule has 11 rings (SSSR count). The summed E-state index contributed by atoms with van der Waals surface area (Å²) < 4.78 is 9.48. The first kappa shape index (κ1) is 34.6. The molecule has 0 atom stereocenters. The Hall–Kier alpha value is -7.60. The average Bonchev–Trinajstić information content (AvgIpc) is 3.87. The molecular formula is C54H37N3OS. The Morgan fingerprint density at radius 2 is 0.797 bits per heavy atom. The monoisotopic (exact) mass is 775 g/mol. The summed E-state index contributed by atoms with van der Waals surface area (Å²) in [7, 11) is 0. The molecule has 0 aliphatic rings. The van der Waals surface area contributed by atoms with E-state index in [2.05, 4.69) is 239 Å². The number of fused-ring (bicyclic) bond motifs is 6. The van der Waals surface area contributed by atoms with Crippen LogP contribution in [-0.2, 0) is 0 Å². The van der Waals surface area contributed by atoms with Crippen molar-refractivity contribution in [1.82, 2.24) is 0 Å². The molecule has 11 aromatic rings. The molecule has 2 aromatic heterocycles. The molecule has 0 aliphatic heterocycles. The zero-order valence-electron chi connectivity index (χ0n) is 32.0. The highest BCUT2D eigenvalue weighted by atomic mass is 32.1. The van der Waals surface area contributed by atoms with Crippen molar-refractivity contribution in [1.29, 1.82) is 0 Å². The van der Waals surface area contributed by atoms with Crippen molar-refractivity contribution in [2.45, 2.75) is 0 Å². The molecule has 0 saturated heterocycles. The maximum Gasteiger partial charge on any atom is 0.159 e. The minimum atomic E-state index is 0.825. The van der Waals surface area contributed by atoms with Crippen molar-refractivity contribution in [2.75, 3.05) is 14.7 Å². The molecule has 0 amide bonds. The minimum Gasteiger partial charge on any atom is -0.454 e. The zero-order chi connectivity index (χ0) is 39.1. The molecule has 0 bridgehead atoms. The predicted molar refractivity (Wildman–Crippen MR) is 251 cm³/mol. The summed E-state index contributed by atoms with van der Waals surface area (Å²) in [5, 5.41) is 4.60. The van der Waals surface area contributed by atoms with E-state index in [9.17, 15) is 0 Å². The standard InChI is InChI=1S/C54H37N3OS/c1-6-19-38(20-7-1)55(39-21-8-2-9-22-39)44-35-48-46-29-16-17-32-52(46)59-54(48)50(36-44)57(42-27-14-5-15-28-42)43-33-34-45-47-30-18-31-49(53(47)58-51(45)37-43)56(40-23-10-3-11-24-40)41-25-12-4-13-26-41/h1-37H. The highest BCUT2D eigenvalue weighted by Crippen LogP contribution is 2.50. The molecule has 2 heterocycles. The van der Waals surface area contributed by atoms with Gasteiger partial charge in [-0.25, -0.2) is 0 Å². The van der Waals surface area contributed by atoms with Crippen LogP contribution in [0.4, 0.5) is 51.2 Å². The lowest BCUT2D eigenvalue weighted by molar-refractivity contribution is 0.669. The molecule has 0 fully saturated rings. The summed E-state index contributed by atoms with van der Waals surface area (Å²) in [6, 6.07) is 79.5. The van der Waals surface area contributed by atoms with E-state index in [4.69, 9.17) is 4.42 Å². The van der Waals surface area contributed by atoms with Crippen LogP contribution in [0.25, 0.3) is 42.1 Å². The molecule has 5 heteroatoms. The topological polar surface area (TPSA) is 22.9 Å². The molecule has 0 saturated carbocycles. The van der Waals surface area contributed by atoms with Crippen molar-refractivity contribution in [2.24, 2.45) is 0 Å². The number of nitrogens with zero attached hydrogens (tertiary/aromatic N) is 3. The molecule has 0 spiro atoms. The minimum absolute atomic E-state index is 0.825. The number of hydrogen-bond acceptors (Lipinski definition) is 5. The third-order valence-electron chi connectivity index (χ3n) is 11.0. The highest BCUT2D eigenvalue weighted by Gasteiger charge is 2.24. The Bertz CT molecular complexity index is 3140. The molecule has 0 N–H and O–H groups in total. The van der Waals surface area contributed by atoms with Gasteiger partial charge in [-0.1, -0.05) is 121 Å². The van der Waals surface area contributed by atoms with Crippen LogP contribution < -0.4 is 14.7 Å². The van der Waals surface area contributed by atoms with Crippen LogP contribution in [0.2, 0.25) is 0 Å². The SMILES string of the molecule is c1ccc(N(c2ccccc2)c2cc(N(c3ccccc3)c3ccc4c(c3)oc3c(N(c5ccccc5)c5ccccc5)cccc34)c3sc4ccccc4c3c2)cc1. The number of hydrogen-bond donors (Lipinski definition) is 0. The van der Waals surface area contributed by atoms with Gasteiger partial charge in [0, 0.05) is 72.1 Å². The van der Waals surface area contributed by atoms with E-state index in [1.54, 1.807) is 0 Å². The lowest BCUT2D eigenvalue weighted by Crippen LogP contribution is -2.13. The maximum absolute atomic E-state index is 7.01. The van der Waals surface area contributed by atoms with Crippen LogP contribution in [0.5, 0.6) is 0 Å². The third-order valence-corrected chi connectivity index (χ3v) is 12.2. The van der Waals surface area contributed by atoms with E-state index in [0.29, 0.717) is 0 Å². The fourth-order valence-corrected chi connectivity index (χ4v) is 9.55. The van der Waals surface area contributed by atoms with Crippen molar-refractivity contribution < 1.29 is 4.42 Å². The van der Waals surface area contributed by atoms with Gasteiger partial charge in [-0.3, -0.25) is 0 Å². The number of anilines is 9. The van der Waals surface area contributed by atoms with E-state index in [1.807, 2.05) is 11.3 Å². The van der Waals surface area contributed by atoms with Crippen LogP contribution in [-0.4, -0.2) is 0 Å². The first-order valence-corrected chi connectivity index (χ1v) is 20.7. The fraction of sp³-hybridized carbons (Fsp3) is 0. The van der Waals surface area contributed by atoms with Gasteiger partial charge in [0.25, 0.3) is 0 Å². The van der Waals surface area contributed by atoms with Gasteiger partial charge in [0.15, 0.2) is 5.58 Å². The zero-order valence-corrected chi connectivity index (χ0v) is 32.8. The van der Waals surface area contributed by atoms with Crippen molar-refractivity contribution in [3.63, 3.8) is 0 Å².